The number of fused-ring (bicyclic) bond motifs is 1. The maximum absolute atomic E-state index is 12.6. The van der Waals surface area contributed by atoms with Gasteiger partial charge in [-0.15, -0.1) is 11.8 Å². The molecule has 2 atom stereocenters. The number of amides is 2. The fraction of sp³-hybridized carbons (Fsp3) is 0.286. The number of nitrogens with one attached hydrogen (secondary N) is 2. The van der Waals surface area contributed by atoms with E-state index < -0.39 is 17.1 Å². The smallest absolute Gasteiger partial charge is 0.338 e. The van der Waals surface area contributed by atoms with Crippen molar-refractivity contribution >= 4 is 40.9 Å². The van der Waals surface area contributed by atoms with E-state index in [9.17, 15) is 14.4 Å². The molecule has 0 fully saturated rings. The minimum atomic E-state index is -0.538. The molecule has 0 spiro atoms. The number of esters is 1. The van der Waals surface area contributed by atoms with Crippen LogP contribution in [0.2, 0.25) is 0 Å². The van der Waals surface area contributed by atoms with E-state index in [-0.39, 0.29) is 17.9 Å². The Morgan fingerprint density at radius 2 is 1.75 bits per heavy atom. The molecule has 0 saturated heterocycles. The van der Waals surface area contributed by atoms with Gasteiger partial charge in [0.2, 0.25) is 11.8 Å². The maximum atomic E-state index is 12.6. The summed E-state index contributed by atoms with van der Waals surface area (Å²) >= 11 is 1.39. The molecule has 7 heteroatoms. The second kappa shape index (κ2) is 8.48. The van der Waals surface area contributed by atoms with E-state index in [0.29, 0.717) is 11.3 Å². The van der Waals surface area contributed by atoms with Crippen LogP contribution in [0.1, 0.15) is 31.1 Å². The molecule has 2 aromatic carbocycles. The van der Waals surface area contributed by atoms with Crippen LogP contribution in [0.5, 0.6) is 0 Å². The number of benzene rings is 2. The standard InChI is InChI=1S/C21H22N2O4S/c1-12(2)27-21(26)14-8-10-15(11-9-14)22-19(24)13(3)18-20(25)23-16-6-4-5-7-17(16)28-18/h4-13,18H,1-3H3,(H,22,24)(H,23,25). The van der Waals surface area contributed by atoms with Gasteiger partial charge in [-0.3, -0.25) is 9.59 Å². The molecule has 0 saturated carbocycles. The lowest BCUT2D eigenvalue weighted by Gasteiger charge is -2.27. The summed E-state index contributed by atoms with van der Waals surface area (Å²) in [5.74, 6) is -1.39. The van der Waals surface area contributed by atoms with Crippen LogP contribution in [0.25, 0.3) is 0 Å². The zero-order valence-electron chi connectivity index (χ0n) is 15.9. The number of hydrogen-bond acceptors (Lipinski definition) is 5. The third-order valence-corrected chi connectivity index (χ3v) is 5.74. The minimum absolute atomic E-state index is 0.182. The second-order valence-corrected chi connectivity index (χ2v) is 8.02. The lowest BCUT2D eigenvalue weighted by Crippen LogP contribution is -2.39. The summed E-state index contributed by atoms with van der Waals surface area (Å²) in [5, 5.41) is 5.14. The van der Waals surface area contributed by atoms with Crippen LogP contribution >= 0.6 is 11.8 Å². The van der Waals surface area contributed by atoms with Gasteiger partial charge >= 0.3 is 5.97 Å². The van der Waals surface area contributed by atoms with Crippen molar-refractivity contribution in [1.82, 2.24) is 0 Å². The Labute approximate surface area is 168 Å². The quantitative estimate of drug-likeness (QED) is 0.745. The molecule has 1 aliphatic heterocycles. The van der Waals surface area contributed by atoms with Gasteiger partial charge in [0.15, 0.2) is 0 Å². The zero-order chi connectivity index (χ0) is 20.3. The zero-order valence-corrected chi connectivity index (χ0v) is 16.7. The summed E-state index contributed by atoms with van der Waals surface area (Å²) in [6.45, 7) is 5.30. The van der Waals surface area contributed by atoms with Crippen molar-refractivity contribution in [2.24, 2.45) is 5.92 Å². The first kappa shape index (κ1) is 19.9. The molecule has 3 rings (SSSR count). The van der Waals surface area contributed by atoms with Crippen molar-refractivity contribution in [3.63, 3.8) is 0 Å². The summed E-state index contributed by atoms with van der Waals surface area (Å²) < 4.78 is 5.14. The van der Waals surface area contributed by atoms with Gasteiger partial charge in [-0.25, -0.2) is 4.79 Å². The molecular weight excluding hydrogens is 376 g/mol. The third kappa shape index (κ3) is 4.54. The maximum Gasteiger partial charge on any atom is 0.338 e. The van der Waals surface area contributed by atoms with Crippen LogP contribution in [0.3, 0.4) is 0 Å². The number of carbonyl (C=O) groups excluding carboxylic acids is 3. The number of rotatable bonds is 5. The first-order valence-electron chi connectivity index (χ1n) is 9.03. The van der Waals surface area contributed by atoms with E-state index in [1.807, 2.05) is 24.3 Å². The van der Waals surface area contributed by atoms with Gasteiger partial charge in [0.1, 0.15) is 0 Å². The first-order chi connectivity index (χ1) is 13.3. The van der Waals surface area contributed by atoms with Gasteiger partial charge in [0.25, 0.3) is 0 Å². The van der Waals surface area contributed by atoms with Gasteiger partial charge in [-0.2, -0.15) is 0 Å². The lowest BCUT2D eigenvalue weighted by molar-refractivity contribution is -0.123. The molecule has 2 aromatic rings. The monoisotopic (exact) mass is 398 g/mol. The molecule has 0 bridgehead atoms. The van der Waals surface area contributed by atoms with Crippen LogP contribution in [0.4, 0.5) is 11.4 Å². The molecule has 1 aliphatic rings. The highest BCUT2D eigenvalue weighted by Gasteiger charge is 2.35. The molecule has 0 aliphatic carbocycles. The van der Waals surface area contributed by atoms with E-state index in [0.717, 1.165) is 10.6 Å². The van der Waals surface area contributed by atoms with Gasteiger partial charge in [0.05, 0.1) is 28.5 Å². The second-order valence-electron chi connectivity index (χ2n) is 6.83. The van der Waals surface area contributed by atoms with E-state index in [4.69, 9.17) is 4.74 Å². The Kier molecular flexibility index (Phi) is 6.04. The largest absolute Gasteiger partial charge is 0.459 e. The summed E-state index contributed by atoms with van der Waals surface area (Å²) in [6, 6.07) is 14.0. The van der Waals surface area contributed by atoms with Gasteiger partial charge < -0.3 is 15.4 Å². The normalized spacial score (nSPS) is 16.7. The summed E-state index contributed by atoms with van der Waals surface area (Å²) in [7, 11) is 0. The van der Waals surface area contributed by atoms with Gasteiger partial charge in [0, 0.05) is 10.6 Å². The Morgan fingerprint density at radius 3 is 2.43 bits per heavy atom. The molecule has 6 nitrogen and oxygen atoms in total. The van der Waals surface area contributed by atoms with Crippen molar-refractivity contribution in [2.45, 2.75) is 37.0 Å². The molecule has 2 N–H and O–H groups in total. The van der Waals surface area contributed by atoms with Crippen molar-refractivity contribution in [2.75, 3.05) is 10.6 Å². The van der Waals surface area contributed by atoms with Crippen LogP contribution in [0, 0.1) is 5.92 Å². The summed E-state index contributed by atoms with van der Waals surface area (Å²) in [5.41, 5.74) is 1.74. The van der Waals surface area contributed by atoms with Crippen LogP contribution in [0.15, 0.2) is 53.4 Å². The number of ether oxygens (including phenoxy) is 1. The molecule has 2 unspecified atom stereocenters. The topological polar surface area (TPSA) is 84.5 Å². The Hall–Kier alpha value is -2.80. The number of thioether (sulfide) groups is 1. The molecule has 0 aromatic heterocycles. The van der Waals surface area contributed by atoms with Crippen LogP contribution < -0.4 is 10.6 Å². The van der Waals surface area contributed by atoms with Crippen LogP contribution in [-0.2, 0) is 14.3 Å². The first-order valence-corrected chi connectivity index (χ1v) is 9.91. The van der Waals surface area contributed by atoms with Crippen molar-refractivity contribution in [3.8, 4) is 0 Å². The number of anilines is 2. The molecule has 1 heterocycles. The number of carbonyl (C=O) groups is 3. The SMILES string of the molecule is CC(C)OC(=O)c1ccc(NC(=O)C(C)C2Sc3ccccc3NC2=O)cc1. The van der Waals surface area contributed by atoms with Crippen molar-refractivity contribution in [3.05, 3.63) is 54.1 Å². The van der Waals surface area contributed by atoms with Gasteiger partial charge in [-0.05, 0) is 50.2 Å². The van der Waals surface area contributed by atoms with Crippen LogP contribution in [-0.4, -0.2) is 29.1 Å². The van der Waals surface area contributed by atoms with Gasteiger partial charge in [-0.1, -0.05) is 19.1 Å². The predicted octanol–water partition coefficient (Wildman–Crippen LogP) is 3.94. The summed E-state index contributed by atoms with van der Waals surface area (Å²) in [4.78, 5) is 37.9. The van der Waals surface area contributed by atoms with E-state index >= 15 is 0 Å². The summed E-state index contributed by atoms with van der Waals surface area (Å²) in [6.07, 6.45) is -0.197. The fourth-order valence-electron chi connectivity index (χ4n) is 2.76. The average molecular weight is 398 g/mol. The third-order valence-electron chi connectivity index (χ3n) is 4.26. The van der Waals surface area contributed by atoms with Crippen molar-refractivity contribution < 1.29 is 19.1 Å². The minimum Gasteiger partial charge on any atom is -0.459 e. The Balaban J connectivity index is 1.64. The highest BCUT2D eigenvalue weighted by Crippen LogP contribution is 2.38. The highest BCUT2D eigenvalue weighted by molar-refractivity contribution is 8.01. The molecule has 2 amide bonds. The van der Waals surface area contributed by atoms with E-state index in [2.05, 4.69) is 10.6 Å². The average Bonchev–Trinajstić information content (AvgIpc) is 2.66. The fourth-order valence-corrected chi connectivity index (χ4v) is 3.93. The van der Waals surface area contributed by atoms with Crippen molar-refractivity contribution in [1.29, 1.82) is 0 Å². The number of hydrogen-bond donors (Lipinski definition) is 2. The number of para-hydroxylation sites is 1. The van der Waals surface area contributed by atoms with E-state index in [1.54, 1.807) is 45.0 Å². The Bertz CT molecular complexity index is 896. The molecule has 28 heavy (non-hydrogen) atoms. The molecular formula is C21H22N2O4S. The molecule has 0 radical (unpaired) electrons. The van der Waals surface area contributed by atoms with E-state index in [1.165, 1.54) is 11.8 Å². The lowest BCUT2D eigenvalue weighted by atomic mass is 10.1. The highest BCUT2D eigenvalue weighted by atomic mass is 32.2. The molecule has 146 valence electrons. The predicted molar refractivity (Wildman–Crippen MR) is 110 cm³/mol. The Morgan fingerprint density at radius 1 is 1.07 bits per heavy atom.